The van der Waals surface area contributed by atoms with Crippen LogP contribution in [0.3, 0.4) is 0 Å². The first-order valence-corrected chi connectivity index (χ1v) is 8.91. The fraction of sp³-hybridized carbons (Fsp3) is 0.333. The fourth-order valence-corrected chi connectivity index (χ4v) is 3.94. The number of ether oxygens (including phenoxy) is 2. The number of esters is 1. The molecule has 2 atom stereocenters. The zero-order valence-corrected chi connectivity index (χ0v) is 15.8. The zero-order chi connectivity index (χ0) is 19.3. The number of amides is 2. The molecule has 0 radical (unpaired) electrons. The minimum Gasteiger partial charge on any atom is -0.467 e. The second kappa shape index (κ2) is 6.01. The second-order valence-electron chi connectivity index (χ2n) is 7.35. The molecule has 27 heavy (non-hydrogen) atoms. The van der Waals surface area contributed by atoms with Crippen LogP contribution in [0.5, 0.6) is 5.75 Å². The number of methoxy groups -OCH3 is 1. The van der Waals surface area contributed by atoms with Gasteiger partial charge in [-0.05, 0) is 56.2 Å². The smallest absolute Gasteiger partial charge is 0.337 e. The Kier molecular flexibility index (Phi) is 3.87. The molecular weight excluding hydrogens is 344 g/mol. The molecule has 1 saturated heterocycles. The van der Waals surface area contributed by atoms with Gasteiger partial charge in [0.05, 0.1) is 24.4 Å². The van der Waals surface area contributed by atoms with E-state index >= 15 is 0 Å². The average Bonchev–Trinajstić information content (AvgIpc) is 2.63. The molecule has 6 nitrogen and oxygen atoms in total. The number of carbonyl (C=O) groups is 2. The van der Waals surface area contributed by atoms with E-state index in [1.807, 2.05) is 39.0 Å². The molecule has 2 heterocycles. The van der Waals surface area contributed by atoms with Gasteiger partial charge in [-0.25, -0.2) is 9.59 Å². The molecule has 140 valence electrons. The number of hydrogen-bond donors (Lipinski definition) is 1. The van der Waals surface area contributed by atoms with Crippen molar-refractivity contribution >= 4 is 17.7 Å². The number of nitrogens with zero attached hydrogens (tertiary/aromatic N) is 1. The molecule has 6 heteroatoms. The van der Waals surface area contributed by atoms with Crippen LogP contribution in [0.2, 0.25) is 0 Å². The van der Waals surface area contributed by atoms with Crippen molar-refractivity contribution in [3.05, 3.63) is 58.7 Å². The molecule has 1 fully saturated rings. The van der Waals surface area contributed by atoms with E-state index in [0.29, 0.717) is 17.7 Å². The van der Waals surface area contributed by atoms with Gasteiger partial charge in [0.25, 0.3) is 0 Å². The summed E-state index contributed by atoms with van der Waals surface area (Å²) in [6.45, 7) is 5.91. The first kappa shape index (κ1) is 17.4. The quantitative estimate of drug-likeness (QED) is 0.820. The van der Waals surface area contributed by atoms with Crippen molar-refractivity contribution in [2.24, 2.45) is 0 Å². The van der Waals surface area contributed by atoms with Crippen LogP contribution in [-0.2, 0) is 4.74 Å². The van der Waals surface area contributed by atoms with E-state index in [9.17, 15) is 9.59 Å². The summed E-state index contributed by atoms with van der Waals surface area (Å²) in [6, 6.07) is 10.8. The SMILES string of the molecule is COC(=O)c1ccc2c(c1)C1CC(C)(O2)N(c2cc(C)ccc2C)C(=O)N1. The number of rotatable bonds is 2. The lowest BCUT2D eigenvalue weighted by atomic mass is 9.89. The van der Waals surface area contributed by atoms with Crippen LogP contribution in [0.4, 0.5) is 10.5 Å². The van der Waals surface area contributed by atoms with Crippen molar-refractivity contribution in [1.29, 1.82) is 0 Å². The predicted molar refractivity (Wildman–Crippen MR) is 101 cm³/mol. The Morgan fingerprint density at radius 2 is 2.04 bits per heavy atom. The summed E-state index contributed by atoms with van der Waals surface area (Å²) < 4.78 is 11.1. The molecule has 2 aromatic rings. The van der Waals surface area contributed by atoms with E-state index in [2.05, 4.69) is 5.32 Å². The van der Waals surface area contributed by atoms with E-state index in [0.717, 1.165) is 22.4 Å². The van der Waals surface area contributed by atoms with Crippen molar-refractivity contribution in [2.45, 2.75) is 39.0 Å². The molecular formula is C21H22N2O4. The third-order valence-electron chi connectivity index (χ3n) is 5.30. The monoisotopic (exact) mass is 366 g/mol. The van der Waals surface area contributed by atoms with Crippen molar-refractivity contribution in [3.8, 4) is 5.75 Å². The number of carbonyl (C=O) groups excluding carboxylic acids is 2. The van der Waals surface area contributed by atoms with Crippen LogP contribution in [0.15, 0.2) is 36.4 Å². The number of anilines is 1. The molecule has 2 aromatic carbocycles. The molecule has 1 N–H and O–H groups in total. The molecule has 2 amide bonds. The van der Waals surface area contributed by atoms with Crippen LogP contribution < -0.4 is 15.0 Å². The maximum atomic E-state index is 13.0. The largest absolute Gasteiger partial charge is 0.467 e. The Bertz CT molecular complexity index is 955. The maximum absolute atomic E-state index is 13.0. The summed E-state index contributed by atoms with van der Waals surface area (Å²) in [4.78, 5) is 26.6. The van der Waals surface area contributed by atoms with Crippen LogP contribution >= 0.6 is 0 Å². The summed E-state index contributed by atoms with van der Waals surface area (Å²) in [6.07, 6.45) is 0.573. The van der Waals surface area contributed by atoms with E-state index in [-0.39, 0.29) is 12.1 Å². The van der Waals surface area contributed by atoms with Crippen molar-refractivity contribution in [1.82, 2.24) is 5.32 Å². The normalized spacial score (nSPS) is 23.2. The fourth-order valence-electron chi connectivity index (χ4n) is 3.94. The third-order valence-corrected chi connectivity index (χ3v) is 5.30. The summed E-state index contributed by atoms with van der Waals surface area (Å²) >= 11 is 0. The Labute approximate surface area is 158 Å². The minimum atomic E-state index is -0.814. The maximum Gasteiger partial charge on any atom is 0.337 e. The van der Waals surface area contributed by atoms with Gasteiger partial charge in [-0.3, -0.25) is 4.90 Å². The molecule has 4 rings (SSSR count). The molecule has 0 saturated carbocycles. The number of hydrogen-bond acceptors (Lipinski definition) is 4. The highest BCUT2D eigenvalue weighted by molar-refractivity contribution is 5.96. The van der Waals surface area contributed by atoms with Gasteiger partial charge in [0.2, 0.25) is 0 Å². The van der Waals surface area contributed by atoms with Crippen molar-refractivity contribution in [2.75, 3.05) is 12.0 Å². The Balaban J connectivity index is 1.78. The van der Waals surface area contributed by atoms with Gasteiger partial charge in [-0.2, -0.15) is 0 Å². The first-order chi connectivity index (χ1) is 12.8. The number of benzene rings is 2. The molecule has 2 aliphatic rings. The lowest BCUT2D eigenvalue weighted by Crippen LogP contribution is -2.65. The van der Waals surface area contributed by atoms with Gasteiger partial charge in [0.1, 0.15) is 5.75 Å². The van der Waals surface area contributed by atoms with Crippen molar-refractivity contribution in [3.63, 3.8) is 0 Å². The number of nitrogens with one attached hydrogen (secondary N) is 1. The van der Waals surface area contributed by atoms with Gasteiger partial charge in [0.15, 0.2) is 5.72 Å². The highest BCUT2D eigenvalue weighted by Gasteiger charge is 2.50. The standard InChI is InChI=1S/C21H22N2O4/c1-12-5-6-13(2)17(9-12)23-20(25)22-16-11-21(23,3)27-18-8-7-14(10-15(16)18)19(24)26-4/h5-10,16H,11H2,1-4H3,(H,22,25). The van der Waals surface area contributed by atoms with E-state index < -0.39 is 11.7 Å². The van der Waals surface area contributed by atoms with Crippen molar-refractivity contribution < 1.29 is 19.1 Å². The molecule has 0 spiro atoms. The van der Waals surface area contributed by atoms with Gasteiger partial charge < -0.3 is 14.8 Å². The van der Waals surface area contributed by atoms with E-state index in [4.69, 9.17) is 9.47 Å². The topological polar surface area (TPSA) is 67.9 Å². The summed E-state index contributed by atoms with van der Waals surface area (Å²) in [7, 11) is 1.35. The number of aryl methyl sites for hydroxylation is 2. The lowest BCUT2D eigenvalue weighted by molar-refractivity contribution is 0.0376. The Morgan fingerprint density at radius 1 is 1.26 bits per heavy atom. The molecule has 2 aliphatic heterocycles. The predicted octanol–water partition coefficient (Wildman–Crippen LogP) is 3.86. The van der Waals surface area contributed by atoms with Gasteiger partial charge >= 0.3 is 12.0 Å². The highest BCUT2D eigenvalue weighted by atomic mass is 16.5. The summed E-state index contributed by atoms with van der Waals surface area (Å²) in [5.41, 5.74) is 3.34. The summed E-state index contributed by atoms with van der Waals surface area (Å²) in [5, 5.41) is 3.06. The van der Waals surface area contributed by atoms with E-state index in [1.54, 1.807) is 23.1 Å². The third kappa shape index (κ3) is 2.72. The first-order valence-electron chi connectivity index (χ1n) is 8.91. The molecule has 0 aromatic heterocycles. The number of fused-ring (bicyclic) bond motifs is 4. The van der Waals surface area contributed by atoms with Crippen LogP contribution in [-0.4, -0.2) is 24.8 Å². The van der Waals surface area contributed by atoms with E-state index in [1.165, 1.54) is 7.11 Å². The molecule has 2 bridgehead atoms. The van der Waals surface area contributed by atoms with Gasteiger partial charge in [0, 0.05) is 12.0 Å². The highest BCUT2D eigenvalue weighted by Crippen LogP contribution is 2.46. The van der Waals surface area contributed by atoms with Gasteiger partial charge in [-0.1, -0.05) is 12.1 Å². The molecule has 0 aliphatic carbocycles. The molecule has 2 unspecified atom stereocenters. The second-order valence-corrected chi connectivity index (χ2v) is 7.35. The lowest BCUT2D eigenvalue weighted by Gasteiger charge is -2.51. The van der Waals surface area contributed by atoms with Crippen LogP contribution in [0.1, 0.15) is 46.4 Å². The van der Waals surface area contributed by atoms with Gasteiger partial charge in [-0.15, -0.1) is 0 Å². The Morgan fingerprint density at radius 3 is 2.78 bits per heavy atom. The van der Waals surface area contributed by atoms with Crippen LogP contribution in [0, 0.1) is 13.8 Å². The zero-order valence-electron chi connectivity index (χ0n) is 15.8. The average molecular weight is 366 g/mol. The Hall–Kier alpha value is -3.02. The van der Waals surface area contributed by atoms with Crippen LogP contribution in [0.25, 0.3) is 0 Å². The number of urea groups is 1. The summed E-state index contributed by atoms with van der Waals surface area (Å²) in [5.74, 6) is 0.252. The minimum absolute atomic E-state index is 0.212.